The van der Waals surface area contributed by atoms with Crippen molar-refractivity contribution in [3.63, 3.8) is 0 Å². The lowest BCUT2D eigenvalue weighted by molar-refractivity contribution is -0.113. The van der Waals surface area contributed by atoms with Crippen LogP contribution in [0, 0.1) is 0 Å². The van der Waals surface area contributed by atoms with E-state index >= 15 is 0 Å². The lowest BCUT2D eigenvalue weighted by Gasteiger charge is -2.04. The molecule has 6 nitrogen and oxygen atoms in total. The van der Waals surface area contributed by atoms with Crippen LogP contribution in [-0.2, 0) is 4.79 Å². The van der Waals surface area contributed by atoms with Gasteiger partial charge in [-0.3, -0.25) is 10.1 Å². The Balaban J connectivity index is 1.88. The van der Waals surface area contributed by atoms with Gasteiger partial charge in [0.2, 0.25) is 11.9 Å². The third kappa shape index (κ3) is 4.80. The van der Waals surface area contributed by atoms with E-state index in [0.29, 0.717) is 16.7 Å². The number of halogens is 2. The van der Waals surface area contributed by atoms with Crippen LogP contribution in [0.15, 0.2) is 23.1 Å². The minimum Gasteiger partial charge on any atom is -0.463 e. The summed E-state index contributed by atoms with van der Waals surface area (Å²) >= 11 is 13.2. The highest BCUT2D eigenvalue weighted by atomic mass is 35.5. The zero-order valence-corrected chi connectivity index (χ0v) is 13.3. The zero-order valence-electron chi connectivity index (χ0n) is 11.0. The smallest absolute Gasteiger partial charge is 0.337 e. The van der Waals surface area contributed by atoms with E-state index in [2.05, 4.69) is 20.5 Å². The number of rotatable bonds is 6. The van der Waals surface area contributed by atoms with Gasteiger partial charge in [-0.1, -0.05) is 23.2 Å². The first-order chi connectivity index (χ1) is 10.1. The van der Waals surface area contributed by atoms with Gasteiger partial charge in [0, 0.05) is 9.92 Å². The molecule has 1 heterocycles. The van der Waals surface area contributed by atoms with Gasteiger partial charge in [-0.15, -0.1) is 16.9 Å². The molecule has 1 aromatic carbocycles. The number of carbonyl (C=O) groups excluding carboxylic acids is 1. The number of anilines is 1. The van der Waals surface area contributed by atoms with Gasteiger partial charge in [-0.2, -0.15) is 4.98 Å². The maximum Gasteiger partial charge on any atom is 0.337 e. The average molecular weight is 347 g/mol. The van der Waals surface area contributed by atoms with Crippen LogP contribution in [0.4, 0.5) is 5.95 Å². The number of thioether (sulfide) groups is 1. The normalized spacial score (nSPS) is 10.4. The van der Waals surface area contributed by atoms with Crippen LogP contribution in [0.1, 0.15) is 6.92 Å². The third-order valence-electron chi connectivity index (χ3n) is 2.25. The van der Waals surface area contributed by atoms with Crippen molar-refractivity contribution in [1.82, 2.24) is 15.2 Å². The maximum absolute atomic E-state index is 11.8. The Morgan fingerprint density at radius 1 is 1.48 bits per heavy atom. The van der Waals surface area contributed by atoms with Gasteiger partial charge in [0.05, 0.1) is 17.4 Å². The highest BCUT2D eigenvalue weighted by Gasteiger charge is 2.10. The van der Waals surface area contributed by atoms with Gasteiger partial charge >= 0.3 is 6.01 Å². The van der Waals surface area contributed by atoms with Gasteiger partial charge < -0.3 is 4.74 Å². The summed E-state index contributed by atoms with van der Waals surface area (Å²) in [6.45, 7) is 2.27. The molecule has 1 amide bonds. The minimum absolute atomic E-state index is 0.171. The number of carbonyl (C=O) groups is 1. The second-order valence-electron chi connectivity index (χ2n) is 3.81. The molecule has 0 aliphatic carbocycles. The Hall–Kier alpha value is -1.44. The number of benzene rings is 1. The molecule has 0 saturated heterocycles. The molecule has 9 heteroatoms. The monoisotopic (exact) mass is 346 g/mol. The summed E-state index contributed by atoms with van der Waals surface area (Å²) in [5.74, 6) is 0.168. The van der Waals surface area contributed by atoms with E-state index in [4.69, 9.17) is 27.9 Å². The van der Waals surface area contributed by atoms with Crippen molar-refractivity contribution in [2.24, 2.45) is 0 Å². The fourth-order valence-corrected chi connectivity index (χ4v) is 2.69. The number of amides is 1. The molecule has 2 rings (SSSR count). The van der Waals surface area contributed by atoms with E-state index in [1.165, 1.54) is 11.8 Å². The quantitative estimate of drug-likeness (QED) is 0.784. The highest BCUT2D eigenvalue weighted by molar-refractivity contribution is 8.00. The predicted molar refractivity (Wildman–Crippen MR) is 83.4 cm³/mol. The van der Waals surface area contributed by atoms with E-state index in [1.54, 1.807) is 18.2 Å². The fraction of sp³-hybridized carbons (Fsp3) is 0.250. The van der Waals surface area contributed by atoms with Crippen molar-refractivity contribution < 1.29 is 9.53 Å². The predicted octanol–water partition coefficient (Wildman–Crippen LogP) is 3.24. The molecule has 1 aromatic heterocycles. The number of nitrogens with one attached hydrogen (secondary N) is 2. The molecule has 0 atom stereocenters. The number of hydrogen-bond acceptors (Lipinski definition) is 5. The fourth-order valence-electron chi connectivity index (χ4n) is 1.40. The van der Waals surface area contributed by atoms with Crippen molar-refractivity contribution in [1.29, 1.82) is 0 Å². The van der Waals surface area contributed by atoms with Crippen LogP contribution in [0.25, 0.3) is 0 Å². The highest BCUT2D eigenvalue weighted by Crippen LogP contribution is 2.29. The topological polar surface area (TPSA) is 79.9 Å². The summed E-state index contributed by atoms with van der Waals surface area (Å²) in [4.78, 5) is 16.5. The molecule has 0 fully saturated rings. The summed E-state index contributed by atoms with van der Waals surface area (Å²) < 4.78 is 5.08. The van der Waals surface area contributed by atoms with Crippen molar-refractivity contribution in [2.45, 2.75) is 11.8 Å². The standard InChI is InChI=1S/C12H12Cl2N4O2S/c1-2-20-12-16-11(17-18-12)15-10(19)6-21-9-5-7(13)3-4-8(9)14/h3-5H,2,6H2,1H3,(H2,15,16,17,18,19). The van der Waals surface area contributed by atoms with Crippen LogP contribution in [0.2, 0.25) is 10.0 Å². The Labute approximate surface area is 135 Å². The lowest BCUT2D eigenvalue weighted by atomic mass is 10.4. The summed E-state index contributed by atoms with van der Waals surface area (Å²) in [6.07, 6.45) is 0. The van der Waals surface area contributed by atoms with E-state index in [9.17, 15) is 4.79 Å². The molecule has 0 saturated carbocycles. The van der Waals surface area contributed by atoms with Gasteiger partial charge in [0.15, 0.2) is 0 Å². The van der Waals surface area contributed by atoms with Crippen LogP contribution < -0.4 is 10.1 Å². The molecule has 0 aliphatic heterocycles. The number of H-pyrrole nitrogens is 1. The Morgan fingerprint density at radius 2 is 2.29 bits per heavy atom. The average Bonchev–Trinajstić information content (AvgIpc) is 2.87. The number of aromatic nitrogens is 3. The SMILES string of the molecule is CCOc1n[nH]c(NC(=O)CSc2cc(Cl)ccc2Cl)n1. The first-order valence-corrected chi connectivity index (χ1v) is 7.75. The summed E-state index contributed by atoms with van der Waals surface area (Å²) in [6, 6.07) is 5.29. The molecular formula is C12H12Cl2N4O2S. The van der Waals surface area contributed by atoms with Crippen molar-refractivity contribution in [3.8, 4) is 6.01 Å². The minimum atomic E-state index is -0.241. The number of aromatic amines is 1. The molecule has 2 N–H and O–H groups in total. The van der Waals surface area contributed by atoms with Crippen LogP contribution in [0.5, 0.6) is 6.01 Å². The van der Waals surface area contributed by atoms with Crippen molar-refractivity contribution in [2.75, 3.05) is 17.7 Å². The number of ether oxygens (including phenoxy) is 1. The molecule has 2 aromatic rings. The number of hydrogen-bond donors (Lipinski definition) is 2. The first kappa shape index (κ1) is 15.9. The molecule has 0 unspecified atom stereocenters. The van der Waals surface area contributed by atoms with Crippen molar-refractivity contribution >= 4 is 46.8 Å². The molecule has 0 bridgehead atoms. The molecule has 0 radical (unpaired) electrons. The van der Waals surface area contributed by atoms with E-state index in [0.717, 1.165) is 4.90 Å². The number of nitrogens with zero attached hydrogens (tertiary/aromatic N) is 2. The van der Waals surface area contributed by atoms with Gasteiger partial charge in [-0.25, -0.2) is 5.10 Å². The molecule has 0 aliphatic rings. The van der Waals surface area contributed by atoms with E-state index < -0.39 is 0 Å². The summed E-state index contributed by atoms with van der Waals surface area (Å²) in [7, 11) is 0. The second kappa shape index (κ2) is 7.53. The van der Waals surface area contributed by atoms with Gasteiger partial charge in [0.1, 0.15) is 0 Å². The van der Waals surface area contributed by atoms with Gasteiger partial charge in [-0.05, 0) is 25.1 Å². The van der Waals surface area contributed by atoms with Crippen molar-refractivity contribution in [3.05, 3.63) is 28.2 Å². The Bertz CT molecular complexity index is 635. The maximum atomic E-state index is 11.8. The Kier molecular flexibility index (Phi) is 5.72. The lowest BCUT2D eigenvalue weighted by Crippen LogP contribution is -2.15. The molecule has 112 valence electrons. The molecular weight excluding hydrogens is 335 g/mol. The largest absolute Gasteiger partial charge is 0.463 e. The van der Waals surface area contributed by atoms with E-state index in [-0.39, 0.29) is 23.6 Å². The summed E-state index contributed by atoms with van der Waals surface area (Å²) in [5, 5.41) is 10.1. The van der Waals surface area contributed by atoms with Crippen LogP contribution in [-0.4, -0.2) is 33.4 Å². The molecule has 21 heavy (non-hydrogen) atoms. The first-order valence-electron chi connectivity index (χ1n) is 6.01. The summed E-state index contributed by atoms with van der Waals surface area (Å²) in [5.41, 5.74) is 0. The van der Waals surface area contributed by atoms with E-state index in [1.807, 2.05) is 6.92 Å². The third-order valence-corrected chi connectivity index (χ3v) is 3.98. The van der Waals surface area contributed by atoms with Gasteiger partial charge in [0.25, 0.3) is 0 Å². The second-order valence-corrected chi connectivity index (χ2v) is 5.67. The Morgan fingerprint density at radius 3 is 3.05 bits per heavy atom. The van der Waals surface area contributed by atoms with Crippen LogP contribution in [0.3, 0.4) is 0 Å². The molecule has 0 spiro atoms. The van der Waals surface area contributed by atoms with Crippen LogP contribution >= 0.6 is 35.0 Å². The zero-order chi connectivity index (χ0) is 15.2.